The molecule has 0 unspecified atom stereocenters. The summed E-state index contributed by atoms with van der Waals surface area (Å²) in [5.41, 5.74) is 3.93. The van der Waals surface area contributed by atoms with Gasteiger partial charge in [0, 0.05) is 23.3 Å². The number of allylic oxidation sites excluding steroid dienone is 4. The molecule has 0 atom stereocenters. The minimum Gasteiger partial charge on any atom is -0.507 e. The van der Waals surface area contributed by atoms with Gasteiger partial charge < -0.3 is 33.5 Å². The summed E-state index contributed by atoms with van der Waals surface area (Å²) in [4.78, 5) is 19.4. The Morgan fingerprint density at radius 3 is 1.63 bits per heavy atom. The van der Waals surface area contributed by atoms with Crippen LogP contribution in [0.2, 0.25) is 0 Å². The van der Waals surface area contributed by atoms with Gasteiger partial charge in [-0.05, 0) is 105 Å². The molecule has 1 N–H and O–H groups in total. The summed E-state index contributed by atoms with van der Waals surface area (Å²) in [6.45, 7) is 24.6. The lowest BCUT2D eigenvalue weighted by Gasteiger charge is -2.18. The molecular formula is C44H68N2O6. The Bertz CT molecular complexity index is 1660. The molecule has 0 fully saturated rings. The first-order valence-electron chi connectivity index (χ1n) is 19.9. The summed E-state index contributed by atoms with van der Waals surface area (Å²) in [5, 5.41) is 12.3. The molecular weight excluding hydrogens is 652 g/mol. The number of benzene rings is 2. The van der Waals surface area contributed by atoms with E-state index in [0.29, 0.717) is 71.0 Å². The van der Waals surface area contributed by atoms with Crippen LogP contribution >= 0.6 is 0 Å². The lowest BCUT2D eigenvalue weighted by molar-refractivity contribution is 0.275. The van der Waals surface area contributed by atoms with Crippen LogP contribution in [0.1, 0.15) is 118 Å². The predicted molar refractivity (Wildman–Crippen MR) is 218 cm³/mol. The number of methoxy groups -OCH3 is 1. The van der Waals surface area contributed by atoms with Gasteiger partial charge in [0.25, 0.3) is 0 Å². The van der Waals surface area contributed by atoms with Gasteiger partial charge in [-0.25, -0.2) is 0 Å². The molecule has 52 heavy (non-hydrogen) atoms. The van der Waals surface area contributed by atoms with Crippen molar-refractivity contribution in [3.05, 3.63) is 56.8 Å². The Morgan fingerprint density at radius 2 is 1.13 bits per heavy atom. The van der Waals surface area contributed by atoms with Gasteiger partial charge in [0.2, 0.25) is 5.43 Å². The van der Waals surface area contributed by atoms with Crippen molar-refractivity contribution < 1.29 is 23.7 Å². The zero-order chi connectivity index (χ0) is 38.0. The zero-order valence-electron chi connectivity index (χ0n) is 33.9. The Balaban J connectivity index is 1.97. The maximum atomic E-state index is 14.5. The molecule has 2 aromatic carbocycles. The number of fused-ring (bicyclic) bond motifs is 2. The highest BCUT2D eigenvalue weighted by Crippen LogP contribution is 2.42. The lowest BCUT2D eigenvalue weighted by atomic mass is 9.98. The quantitative estimate of drug-likeness (QED) is 0.0526. The molecule has 3 rings (SSSR count). The van der Waals surface area contributed by atoms with Crippen molar-refractivity contribution in [1.82, 2.24) is 9.80 Å². The van der Waals surface area contributed by atoms with Gasteiger partial charge in [-0.2, -0.15) is 0 Å². The number of unbranched alkanes of at least 4 members (excludes halogenated alkanes) is 6. The highest BCUT2D eigenvalue weighted by atomic mass is 16.5. The first-order valence-corrected chi connectivity index (χ1v) is 19.9. The van der Waals surface area contributed by atoms with Crippen molar-refractivity contribution in [1.29, 1.82) is 0 Å². The summed E-state index contributed by atoms with van der Waals surface area (Å²) >= 11 is 0. The van der Waals surface area contributed by atoms with Crippen LogP contribution in [-0.2, 0) is 12.8 Å². The minimum atomic E-state index is -0.290. The molecule has 0 saturated carbocycles. The van der Waals surface area contributed by atoms with E-state index in [-0.39, 0.29) is 16.6 Å². The van der Waals surface area contributed by atoms with Crippen molar-refractivity contribution in [3.63, 3.8) is 0 Å². The van der Waals surface area contributed by atoms with E-state index < -0.39 is 0 Å². The topological polar surface area (TPSA) is 84.6 Å². The lowest BCUT2D eigenvalue weighted by Crippen LogP contribution is -2.23. The van der Waals surface area contributed by atoms with Gasteiger partial charge in [-0.3, -0.25) is 4.79 Å². The van der Waals surface area contributed by atoms with Gasteiger partial charge in [0.05, 0.1) is 25.7 Å². The summed E-state index contributed by atoms with van der Waals surface area (Å²) in [6, 6.07) is 3.55. The number of phenolic OH excluding ortho intramolecular Hbond substituents is 1. The summed E-state index contributed by atoms with van der Waals surface area (Å²) in [5.74, 6) is 1.54. The number of hydrogen-bond donors (Lipinski definition) is 1. The molecule has 8 heteroatoms. The molecule has 0 aliphatic heterocycles. The third-order valence-electron chi connectivity index (χ3n) is 9.99. The molecule has 1 heterocycles. The van der Waals surface area contributed by atoms with E-state index >= 15 is 0 Å². The molecule has 0 aliphatic rings. The molecule has 0 bridgehead atoms. The second-order valence-electron chi connectivity index (χ2n) is 14.3. The van der Waals surface area contributed by atoms with Crippen LogP contribution in [0.25, 0.3) is 21.9 Å². The first-order chi connectivity index (χ1) is 25.1. The van der Waals surface area contributed by atoms with Crippen LogP contribution in [0.3, 0.4) is 0 Å². The smallest absolute Gasteiger partial charge is 0.204 e. The van der Waals surface area contributed by atoms with Gasteiger partial charge >= 0.3 is 0 Å². The fourth-order valence-electron chi connectivity index (χ4n) is 6.69. The zero-order valence-corrected chi connectivity index (χ0v) is 33.9. The second kappa shape index (κ2) is 22.5. The highest BCUT2D eigenvalue weighted by Gasteiger charge is 2.24. The average Bonchev–Trinajstić information content (AvgIpc) is 3.12. The normalized spacial score (nSPS) is 11.5. The minimum absolute atomic E-state index is 0.0895. The maximum absolute atomic E-state index is 14.5. The Hall–Kier alpha value is -3.49. The van der Waals surface area contributed by atoms with E-state index in [1.54, 1.807) is 19.2 Å². The number of nitrogens with zero attached hydrogens (tertiary/aromatic N) is 2. The monoisotopic (exact) mass is 721 g/mol. The van der Waals surface area contributed by atoms with Gasteiger partial charge in [-0.15, -0.1) is 0 Å². The molecule has 8 nitrogen and oxygen atoms in total. The molecule has 0 saturated heterocycles. The number of aromatic hydroxyl groups is 1. The Kier molecular flexibility index (Phi) is 18.6. The van der Waals surface area contributed by atoms with E-state index in [2.05, 4.69) is 43.6 Å². The number of hydrogen-bond acceptors (Lipinski definition) is 8. The van der Waals surface area contributed by atoms with E-state index in [9.17, 15) is 9.90 Å². The third-order valence-corrected chi connectivity index (χ3v) is 9.99. The molecule has 290 valence electrons. The molecule has 1 aromatic heterocycles. The summed E-state index contributed by atoms with van der Waals surface area (Å²) < 4.78 is 25.1. The van der Waals surface area contributed by atoms with Crippen molar-refractivity contribution >= 4 is 21.9 Å². The van der Waals surface area contributed by atoms with Gasteiger partial charge in [0.1, 0.15) is 28.1 Å². The van der Waals surface area contributed by atoms with E-state index in [1.807, 2.05) is 33.8 Å². The summed E-state index contributed by atoms with van der Waals surface area (Å²) in [6.07, 6.45) is 13.6. The number of phenols is 1. The van der Waals surface area contributed by atoms with Crippen LogP contribution in [0.15, 0.2) is 44.6 Å². The number of rotatable bonds is 25. The molecule has 0 aliphatic carbocycles. The van der Waals surface area contributed by atoms with Crippen LogP contribution in [0, 0.1) is 0 Å². The van der Waals surface area contributed by atoms with E-state index in [0.717, 1.165) is 88.9 Å². The first kappa shape index (κ1) is 42.9. The van der Waals surface area contributed by atoms with Crippen molar-refractivity contribution in [2.45, 2.75) is 120 Å². The Labute approximate surface area is 313 Å². The van der Waals surface area contributed by atoms with Crippen molar-refractivity contribution in [3.8, 4) is 23.0 Å². The third kappa shape index (κ3) is 12.3. The van der Waals surface area contributed by atoms with Crippen LogP contribution in [-0.4, -0.2) is 74.5 Å². The average molecular weight is 721 g/mol. The van der Waals surface area contributed by atoms with Gasteiger partial charge in [-0.1, -0.05) is 76.7 Å². The van der Waals surface area contributed by atoms with E-state index in [4.69, 9.17) is 18.6 Å². The standard InChI is InChI=1S/C44H68N2O6/c1-10-45(11-2)26-18-14-16-20-28-50-36-30-38-41(42(47)34(36)24-22-32(5)6)43(48)40-35(25-23-33(7)8)44(49-9)39(31-37(40)52-38)51-29-21-17-15-19-27-46(12-3)13-4/h22-23,30-31,47H,10-21,24-29H2,1-9H3. The maximum Gasteiger partial charge on any atom is 0.204 e. The molecule has 3 aromatic rings. The fourth-order valence-corrected chi connectivity index (χ4v) is 6.69. The molecule has 0 radical (unpaired) electrons. The summed E-state index contributed by atoms with van der Waals surface area (Å²) in [7, 11) is 1.61. The fraction of sp³-hybridized carbons (Fsp3) is 0.614. The molecule has 0 amide bonds. The van der Waals surface area contributed by atoms with Gasteiger partial charge in [0.15, 0.2) is 11.5 Å². The van der Waals surface area contributed by atoms with E-state index in [1.165, 1.54) is 12.8 Å². The second-order valence-corrected chi connectivity index (χ2v) is 14.3. The van der Waals surface area contributed by atoms with Crippen LogP contribution in [0.4, 0.5) is 0 Å². The number of ether oxygens (including phenoxy) is 3. The van der Waals surface area contributed by atoms with Crippen LogP contribution in [0.5, 0.6) is 23.0 Å². The van der Waals surface area contributed by atoms with Crippen molar-refractivity contribution in [2.75, 3.05) is 59.6 Å². The van der Waals surface area contributed by atoms with Crippen molar-refractivity contribution in [2.24, 2.45) is 0 Å². The predicted octanol–water partition coefficient (Wildman–Crippen LogP) is 10.2. The Morgan fingerprint density at radius 1 is 0.673 bits per heavy atom. The largest absolute Gasteiger partial charge is 0.507 e. The van der Waals surface area contributed by atoms with Crippen LogP contribution < -0.4 is 19.6 Å². The SMILES string of the molecule is CCN(CC)CCCCCCOc1cc2oc3cc(OCCCCCCN(CC)CC)c(OC)c(CC=C(C)C)c3c(=O)c2c(O)c1CC=C(C)C. The molecule has 0 spiro atoms. The highest BCUT2D eigenvalue weighted by molar-refractivity contribution is 5.98.